The highest BCUT2D eigenvalue weighted by molar-refractivity contribution is 4.93. The molecule has 2 heteroatoms. The number of nitrogens with zero attached hydrogens (tertiary/aromatic N) is 1. The molecule has 10 heavy (non-hydrogen) atoms. The van der Waals surface area contributed by atoms with Crippen molar-refractivity contribution in [3.63, 3.8) is 0 Å². The van der Waals surface area contributed by atoms with Crippen LogP contribution >= 0.6 is 0 Å². The average Bonchev–Trinajstić information content (AvgIpc) is 1.74. The fraction of sp³-hybridized carbons (Fsp3) is 1.00. The Kier molecular flexibility index (Phi) is 1.46. The van der Waals surface area contributed by atoms with Crippen LogP contribution in [0.15, 0.2) is 0 Å². The maximum absolute atomic E-state index is 5.69. The first-order chi connectivity index (χ1) is 4.75. The molecule has 1 aliphatic carbocycles. The van der Waals surface area contributed by atoms with E-state index >= 15 is 0 Å². The summed E-state index contributed by atoms with van der Waals surface area (Å²) in [7, 11) is 0. The molecule has 0 spiro atoms. The first kappa shape index (κ1) is 6.62. The third-order valence-corrected chi connectivity index (χ3v) is 2.76. The van der Waals surface area contributed by atoms with Crippen molar-refractivity contribution in [3.8, 4) is 0 Å². The second-order valence-electron chi connectivity index (χ2n) is 3.94. The van der Waals surface area contributed by atoms with E-state index in [1.165, 1.54) is 25.9 Å². The van der Waals surface area contributed by atoms with Crippen LogP contribution in [0.4, 0.5) is 0 Å². The molecular weight excluding hydrogens is 124 g/mol. The van der Waals surface area contributed by atoms with Crippen molar-refractivity contribution in [1.29, 1.82) is 0 Å². The predicted molar refractivity (Wildman–Crippen MR) is 41.7 cm³/mol. The molecular formula is C8H16N2. The standard InChI is InChI=1S/C8H16N2/c1-6-4-10(5-6)8-2-7(9)3-8/h6-8H,2-5,9H2,1H3. The Labute approximate surface area is 62.4 Å². The molecule has 58 valence electrons. The number of nitrogens with two attached hydrogens (primary N) is 1. The summed E-state index contributed by atoms with van der Waals surface area (Å²) in [6.45, 7) is 4.95. The summed E-state index contributed by atoms with van der Waals surface area (Å²) in [5.74, 6) is 0.942. The minimum absolute atomic E-state index is 0.515. The van der Waals surface area contributed by atoms with Crippen molar-refractivity contribution in [2.24, 2.45) is 11.7 Å². The average molecular weight is 140 g/mol. The lowest BCUT2D eigenvalue weighted by atomic mass is 9.83. The second-order valence-corrected chi connectivity index (χ2v) is 3.94. The summed E-state index contributed by atoms with van der Waals surface area (Å²) in [4.78, 5) is 2.56. The largest absolute Gasteiger partial charge is 0.328 e. The van der Waals surface area contributed by atoms with Gasteiger partial charge in [-0.2, -0.15) is 0 Å². The van der Waals surface area contributed by atoms with Crippen molar-refractivity contribution < 1.29 is 0 Å². The molecule has 0 amide bonds. The predicted octanol–water partition coefficient (Wildman–Crippen LogP) is 0.428. The Bertz CT molecular complexity index is 107. The Hall–Kier alpha value is -0.0800. The Morgan fingerprint density at radius 1 is 1.30 bits per heavy atom. The first-order valence-electron chi connectivity index (χ1n) is 4.25. The van der Waals surface area contributed by atoms with Gasteiger partial charge < -0.3 is 5.73 Å². The van der Waals surface area contributed by atoms with Gasteiger partial charge in [0.25, 0.3) is 0 Å². The van der Waals surface area contributed by atoms with Crippen LogP contribution in [0.2, 0.25) is 0 Å². The van der Waals surface area contributed by atoms with Crippen LogP contribution < -0.4 is 5.73 Å². The number of hydrogen-bond donors (Lipinski definition) is 1. The van der Waals surface area contributed by atoms with Gasteiger partial charge >= 0.3 is 0 Å². The van der Waals surface area contributed by atoms with Crippen LogP contribution in [0.25, 0.3) is 0 Å². The molecule has 1 saturated heterocycles. The van der Waals surface area contributed by atoms with Gasteiger partial charge in [0.2, 0.25) is 0 Å². The van der Waals surface area contributed by atoms with Gasteiger partial charge in [0, 0.05) is 25.2 Å². The molecule has 1 aliphatic heterocycles. The minimum atomic E-state index is 0.515. The highest BCUT2D eigenvalue weighted by Crippen LogP contribution is 2.29. The van der Waals surface area contributed by atoms with E-state index in [1.807, 2.05) is 0 Å². The van der Waals surface area contributed by atoms with E-state index in [0.717, 1.165) is 12.0 Å². The maximum Gasteiger partial charge on any atom is 0.0125 e. The molecule has 0 aromatic rings. The number of hydrogen-bond acceptors (Lipinski definition) is 2. The van der Waals surface area contributed by atoms with Crippen LogP contribution in [0.1, 0.15) is 19.8 Å². The molecule has 0 unspecified atom stereocenters. The van der Waals surface area contributed by atoms with Crippen molar-refractivity contribution >= 4 is 0 Å². The molecule has 0 aromatic heterocycles. The van der Waals surface area contributed by atoms with Crippen molar-refractivity contribution in [3.05, 3.63) is 0 Å². The molecule has 0 bridgehead atoms. The molecule has 2 N–H and O–H groups in total. The second kappa shape index (κ2) is 2.21. The van der Waals surface area contributed by atoms with Crippen LogP contribution in [0.3, 0.4) is 0 Å². The van der Waals surface area contributed by atoms with Gasteiger partial charge in [-0.25, -0.2) is 0 Å². The summed E-state index contributed by atoms with van der Waals surface area (Å²) in [6, 6.07) is 1.37. The van der Waals surface area contributed by atoms with E-state index in [4.69, 9.17) is 5.73 Å². The van der Waals surface area contributed by atoms with Crippen molar-refractivity contribution in [2.75, 3.05) is 13.1 Å². The number of likely N-dealkylation sites (tertiary alicyclic amines) is 1. The van der Waals surface area contributed by atoms with E-state index in [-0.39, 0.29) is 0 Å². The maximum atomic E-state index is 5.69. The van der Waals surface area contributed by atoms with Crippen molar-refractivity contribution in [2.45, 2.75) is 31.8 Å². The Morgan fingerprint density at radius 2 is 1.90 bits per heavy atom. The summed E-state index contributed by atoms with van der Waals surface area (Å²) >= 11 is 0. The highest BCUT2D eigenvalue weighted by atomic mass is 15.2. The van der Waals surface area contributed by atoms with Gasteiger partial charge in [-0.15, -0.1) is 0 Å². The molecule has 2 aliphatic rings. The summed E-state index contributed by atoms with van der Waals surface area (Å²) in [6.07, 6.45) is 2.49. The fourth-order valence-corrected chi connectivity index (χ4v) is 1.97. The lowest BCUT2D eigenvalue weighted by Crippen LogP contribution is -2.58. The quantitative estimate of drug-likeness (QED) is 0.572. The molecule has 0 radical (unpaired) electrons. The molecule has 2 nitrogen and oxygen atoms in total. The van der Waals surface area contributed by atoms with Crippen LogP contribution in [0.5, 0.6) is 0 Å². The first-order valence-corrected chi connectivity index (χ1v) is 4.25. The lowest BCUT2D eigenvalue weighted by Gasteiger charge is -2.49. The minimum Gasteiger partial charge on any atom is -0.328 e. The zero-order valence-corrected chi connectivity index (χ0v) is 6.59. The zero-order valence-electron chi connectivity index (χ0n) is 6.59. The summed E-state index contributed by atoms with van der Waals surface area (Å²) in [5.41, 5.74) is 5.69. The summed E-state index contributed by atoms with van der Waals surface area (Å²) < 4.78 is 0. The van der Waals surface area contributed by atoms with E-state index in [9.17, 15) is 0 Å². The molecule has 0 atom stereocenters. The smallest absolute Gasteiger partial charge is 0.0125 e. The molecule has 2 fully saturated rings. The van der Waals surface area contributed by atoms with Gasteiger partial charge in [-0.3, -0.25) is 4.90 Å². The summed E-state index contributed by atoms with van der Waals surface area (Å²) in [5, 5.41) is 0. The van der Waals surface area contributed by atoms with E-state index in [0.29, 0.717) is 6.04 Å². The molecule has 1 heterocycles. The SMILES string of the molecule is CC1CN(C2CC(N)C2)C1. The van der Waals surface area contributed by atoms with Crippen molar-refractivity contribution in [1.82, 2.24) is 4.90 Å². The fourth-order valence-electron chi connectivity index (χ4n) is 1.97. The Balaban J connectivity index is 1.72. The highest BCUT2D eigenvalue weighted by Gasteiger charge is 2.36. The van der Waals surface area contributed by atoms with E-state index < -0.39 is 0 Å². The lowest BCUT2D eigenvalue weighted by molar-refractivity contribution is 0.0160. The normalized spacial score (nSPS) is 42.6. The monoisotopic (exact) mass is 140 g/mol. The molecule has 1 saturated carbocycles. The van der Waals surface area contributed by atoms with Crippen LogP contribution in [-0.2, 0) is 0 Å². The van der Waals surface area contributed by atoms with Gasteiger partial charge in [-0.1, -0.05) is 6.92 Å². The van der Waals surface area contributed by atoms with Gasteiger partial charge in [0.05, 0.1) is 0 Å². The topological polar surface area (TPSA) is 29.3 Å². The van der Waals surface area contributed by atoms with Gasteiger partial charge in [0.15, 0.2) is 0 Å². The van der Waals surface area contributed by atoms with Crippen LogP contribution in [0, 0.1) is 5.92 Å². The molecule has 0 aromatic carbocycles. The third kappa shape index (κ3) is 0.956. The van der Waals surface area contributed by atoms with Crippen LogP contribution in [-0.4, -0.2) is 30.1 Å². The van der Waals surface area contributed by atoms with E-state index in [2.05, 4.69) is 11.8 Å². The van der Waals surface area contributed by atoms with Gasteiger partial charge in [-0.05, 0) is 18.8 Å². The van der Waals surface area contributed by atoms with Gasteiger partial charge in [0.1, 0.15) is 0 Å². The molecule has 2 rings (SSSR count). The Morgan fingerprint density at radius 3 is 2.30 bits per heavy atom. The van der Waals surface area contributed by atoms with E-state index in [1.54, 1.807) is 0 Å². The third-order valence-electron chi connectivity index (χ3n) is 2.76. The number of rotatable bonds is 1. The zero-order chi connectivity index (χ0) is 7.14.